The number of aromatic nitrogens is 1. The first-order valence-electron chi connectivity index (χ1n) is 9.63. The minimum atomic E-state index is -1.09. The minimum Gasteiger partial charge on any atom is -0.444 e. The number of benzene rings is 1. The molecule has 1 aromatic carbocycles. The standard InChI is InChI=1S/C21H24BrF2N3O3S/c1-10-17(11(2)30-27-10)16-9-21(6,12-7-13(22)15(24)8-14(12)23)26-18(31-16)25-19(28)29-20(3,4)5/h7-8,16H,9H2,1-6H3,(H,25,26,28)/t16-,21+/m1/s1. The molecule has 2 heterocycles. The van der Waals surface area contributed by atoms with Gasteiger partial charge in [0.1, 0.15) is 23.0 Å². The highest BCUT2D eigenvalue weighted by atomic mass is 79.9. The predicted octanol–water partition coefficient (Wildman–Crippen LogP) is 6.31. The van der Waals surface area contributed by atoms with E-state index >= 15 is 0 Å². The zero-order valence-electron chi connectivity index (χ0n) is 18.1. The molecule has 2 atom stereocenters. The van der Waals surface area contributed by atoms with Crippen LogP contribution in [0.25, 0.3) is 0 Å². The fourth-order valence-electron chi connectivity index (χ4n) is 3.50. The van der Waals surface area contributed by atoms with E-state index in [4.69, 9.17) is 9.26 Å². The first-order chi connectivity index (χ1) is 14.3. The molecule has 0 spiro atoms. The minimum absolute atomic E-state index is 0.133. The van der Waals surface area contributed by atoms with E-state index in [1.165, 1.54) is 17.8 Å². The van der Waals surface area contributed by atoms with Gasteiger partial charge in [0.25, 0.3) is 0 Å². The molecule has 0 saturated heterocycles. The number of halogens is 3. The average molecular weight is 516 g/mol. The molecule has 168 valence electrons. The number of alkyl carbamates (subject to hydrolysis) is 1. The average Bonchev–Trinajstić information content (AvgIpc) is 2.94. The second kappa shape index (κ2) is 8.54. The van der Waals surface area contributed by atoms with Crippen molar-refractivity contribution in [3.05, 3.63) is 50.8 Å². The zero-order valence-corrected chi connectivity index (χ0v) is 20.5. The molecule has 0 saturated carbocycles. The lowest BCUT2D eigenvalue weighted by atomic mass is 9.85. The monoisotopic (exact) mass is 515 g/mol. The number of rotatable bonds is 2. The van der Waals surface area contributed by atoms with E-state index < -0.39 is 28.9 Å². The second-order valence-electron chi connectivity index (χ2n) is 8.61. The summed E-state index contributed by atoms with van der Waals surface area (Å²) in [5.41, 5.74) is -0.00643. The Bertz CT molecular complexity index is 1030. The number of nitrogens with one attached hydrogen (secondary N) is 1. The maximum absolute atomic E-state index is 14.8. The molecule has 31 heavy (non-hydrogen) atoms. The van der Waals surface area contributed by atoms with Crippen molar-refractivity contribution in [2.45, 2.75) is 64.4 Å². The lowest BCUT2D eigenvalue weighted by Crippen LogP contribution is -2.39. The molecule has 10 heteroatoms. The van der Waals surface area contributed by atoms with Gasteiger partial charge >= 0.3 is 6.09 Å². The molecule has 2 aromatic rings. The third kappa shape index (κ3) is 5.28. The number of thioether (sulfide) groups is 1. The van der Waals surface area contributed by atoms with Crippen molar-refractivity contribution in [3.63, 3.8) is 0 Å². The molecule has 0 bridgehead atoms. The van der Waals surface area contributed by atoms with Crippen molar-refractivity contribution in [3.8, 4) is 0 Å². The maximum atomic E-state index is 14.8. The third-order valence-corrected chi connectivity index (χ3v) is 6.50. The van der Waals surface area contributed by atoms with Crippen molar-refractivity contribution < 1.29 is 22.8 Å². The summed E-state index contributed by atoms with van der Waals surface area (Å²) in [4.78, 5) is 17.0. The summed E-state index contributed by atoms with van der Waals surface area (Å²) in [5, 5.41) is 6.72. The fraction of sp³-hybridized carbons (Fsp3) is 0.476. The number of nitrogens with zero attached hydrogens (tertiary/aromatic N) is 2. The molecule has 0 fully saturated rings. The lowest BCUT2D eigenvalue weighted by molar-refractivity contribution is 0.0564. The highest BCUT2D eigenvalue weighted by molar-refractivity contribution is 9.10. The van der Waals surface area contributed by atoms with Crippen molar-refractivity contribution in [1.82, 2.24) is 10.5 Å². The Morgan fingerprint density at radius 1 is 1.32 bits per heavy atom. The molecule has 0 radical (unpaired) electrons. The molecule has 0 aliphatic carbocycles. The Balaban J connectivity index is 2.06. The van der Waals surface area contributed by atoms with Gasteiger partial charge in [-0.2, -0.15) is 0 Å². The van der Waals surface area contributed by atoms with Gasteiger partial charge in [0.2, 0.25) is 0 Å². The van der Waals surface area contributed by atoms with Crippen LogP contribution < -0.4 is 5.32 Å². The third-order valence-electron chi connectivity index (χ3n) is 4.79. The van der Waals surface area contributed by atoms with Crippen LogP contribution in [0.2, 0.25) is 0 Å². The summed E-state index contributed by atoms with van der Waals surface area (Å²) < 4.78 is 39.5. The quantitative estimate of drug-likeness (QED) is 0.474. The first-order valence-corrected chi connectivity index (χ1v) is 11.3. The van der Waals surface area contributed by atoms with Gasteiger partial charge in [0.15, 0.2) is 5.17 Å². The molecule has 1 aliphatic heterocycles. The summed E-state index contributed by atoms with van der Waals surface area (Å²) in [7, 11) is 0. The normalized spacial score (nSPS) is 21.6. The van der Waals surface area contributed by atoms with Crippen molar-refractivity contribution in [1.29, 1.82) is 0 Å². The Kier molecular flexibility index (Phi) is 6.53. The summed E-state index contributed by atoms with van der Waals surface area (Å²) in [6.07, 6.45) is -0.282. The number of amidine groups is 1. The maximum Gasteiger partial charge on any atom is 0.413 e. The molecule has 1 amide bonds. The van der Waals surface area contributed by atoms with E-state index in [2.05, 4.69) is 31.4 Å². The van der Waals surface area contributed by atoms with Gasteiger partial charge in [0.05, 0.1) is 15.7 Å². The van der Waals surface area contributed by atoms with Crippen LogP contribution in [-0.4, -0.2) is 22.0 Å². The number of carbonyl (C=O) groups excluding carboxylic acids is 1. The van der Waals surface area contributed by atoms with Crippen LogP contribution in [0.4, 0.5) is 13.6 Å². The first kappa shape index (κ1) is 23.7. The van der Waals surface area contributed by atoms with E-state index in [1.54, 1.807) is 34.6 Å². The van der Waals surface area contributed by atoms with Crippen LogP contribution in [-0.2, 0) is 10.3 Å². The summed E-state index contributed by atoms with van der Waals surface area (Å²) in [5.74, 6) is -0.780. The molecule has 1 N–H and O–H groups in total. The van der Waals surface area contributed by atoms with Crippen LogP contribution in [0.1, 0.15) is 61.9 Å². The van der Waals surface area contributed by atoms with Crippen LogP contribution in [0.15, 0.2) is 26.1 Å². The fourth-order valence-corrected chi connectivity index (χ4v) is 5.37. The number of hydrogen-bond acceptors (Lipinski definition) is 6. The van der Waals surface area contributed by atoms with Gasteiger partial charge in [-0.1, -0.05) is 16.9 Å². The van der Waals surface area contributed by atoms with Crippen LogP contribution in [0.5, 0.6) is 0 Å². The Hall–Kier alpha value is -1.94. The predicted molar refractivity (Wildman–Crippen MR) is 119 cm³/mol. The zero-order chi connectivity index (χ0) is 23.1. The summed E-state index contributed by atoms with van der Waals surface area (Å²) >= 11 is 4.44. The van der Waals surface area contributed by atoms with Crippen molar-refractivity contribution in [2.24, 2.45) is 4.99 Å². The highest BCUT2D eigenvalue weighted by Gasteiger charge is 2.41. The van der Waals surface area contributed by atoms with E-state index in [9.17, 15) is 13.6 Å². The Morgan fingerprint density at radius 3 is 2.58 bits per heavy atom. The molecular formula is C21H24BrF2N3O3S. The Labute approximate surface area is 192 Å². The van der Waals surface area contributed by atoms with Gasteiger partial charge < -0.3 is 9.26 Å². The number of ether oxygens (including phenoxy) is 1. The van der Waals surface area contributed by atoms with Gasteiger partial charge in [-0.25, -0.2) is 13.6 Å². The van der Waals surface area contributed by atoms with Gasteiger partial charge in [-0.05, 0) is 70.0 Å². The van der Waals surface area contributed by atoms with Gasteiger partial charge in [0, 0.05) is 22.4 Å². The smallest absolute Gasteiger partial charge is 0.413 e. The van der Waals surface area contributed by atoms with Gasteiger partial charge in [-0.3, -0.25) is 10.3 Å². The number of hydrogen-bond donors (Lipinski definition) is 1. The van der Waals surface area contributed by atoms with Crippen LogP contribution in [0, 0.1) is 25.5 Å². The van der Waals surface area contributed by atoms with Gasteiger partial charge in [-0.15, -0.1) is 0 Å². The number of carbonyl (C=O) groups is 1. The summed E-state index contributed by atoms with van der Waals surface area (Å²) in [6.45, 7) is 10.6. The molecule has 3 rings (SSSR count). The molecule has 0 unspecified atom stereocenters. The lowest BCUT2D eigenvalue weighted by Gasteiger charge is -2.36. The highest BCUT2D eigenvalue weighted by Crippen LogP contribution is 2.49. The van der Waals surface area contributed by atoms with E-state index in [1.807, 2.05) is 6.92 Å². The van der Waals surface area contributed by atoms with Crippen LogP contribution >= 0.6 is 27.7 Å². The number of aryl methyl sites for hydroxylation is 2. The van der Waals surface area contributed by atoms with Crippen LogP contribution in [0.3, 0.4) is 0 Å². The number of aliphatic imine (C=N–C) groups is 1. The SMILES string of the molecule is Cc1noc(C)c1[C@H]1C[C@@](C)(c2cc(Br)c(F)cc2F)N=C(NC(=O)OC(C)(C)C)S1. The second-order valence-corrected chi connectivity index (χ2v) is 10.7. The number of amides is 1. The Morgan fingerprint density at radius 2 is 2.00 bits per heavy atom. The molecule has 1 aliphatic rings. The summed E-state index contributed by atoms with van der Waals surface area (Å²) in [6, 6.07) is 2.22. The molecular weight excluding hydrogens is 492 g/mol. The van der Waals surface area contributed by atoms with E-state index in [-0.39, 0.29) is 20.5 Å². The topological polar surface area (TPSA) is 76.7 Å². The van der Waals surface area contributed by atoms with E-state index in [0.29, 0.717) is 17.9 Å². The molecule has 6 nitrogen and oxygen atoms in total. The van der Waals surface area contributed by atoms with E-state index in [0.717, 1.165) is 11.6 Å². The van der Waals surface area contributed by atoms with Crippen molar-refractivity contribution in [2.75, 3.05) is 0 Å². The molecule has 1 aromatic heterocycles. The largest absolute Gasteiger partial charge is 0.444 e. The van der Waals surface area contributed by atoms with Crippen molar-refractivity contribution >= 4 is 39.0 Å².